The van der Waals surface area contributed by atoms with Gasteiger partial charge in [-0.25, -0.2) is 0 Å². The van der Waals surface area contributed by atoms with Crippen molar-refractivity contribution >= 4 is 29.4 Å². The van der Waals surface area contributed by atoms with Gasteiger partial charge in [-0.3, -0.25) is 14.5 Å². The molecule has 1 aromatic rings. The van der Waals surface area contributed by atoms with Crippen LogP contribution >= 0.6 is 11.8 Å². The molecule has 0 aromatic carbocycles. The van der Waals surface area contributed by atoms with Gasteiger partial charge in [0.2, 0.25) is 11.8 Å². The number of anilines is 1. The van der Waals surface area contributed by atoms with Gasteiger partial charge in [0.05, 0.1) is 11.0 Å². The Morgan fingerprint density at radius 3 is 2.80 bits per heavy atom. The maximum absolute atomic E-state index is 12.4. The van der Waals surface area contributed by atoms with Gasteiger partial charge in [-0.05, 0) is 33.4 Å². The lowest BCUT2D eigenvalue weighted by Crippen LogP contribution is -2.39. The quantitative estimate of drug-likeness (QED) is 0.756. The minimum absolute atomic E-state index is 0.108. The van der Waals surface area contributed by atoms with Crippen molar-refractivity contribution in [2.75, 3.05) is 37.2 Å². The summed E-state index contributed by atoms with van der Waals surface area (Å²) in [7, 11) is 0. The summed E-state index contributed by atoms with van der Waals surface area (Å²) in [6.07, 6.45) is 1.03. The molecule has 0 saturated carbocycles. The lowest BCUT2D eigenvalue weighted by atomic mass is 10.2. The minimum Gasteiger partial charge on any atom is -0.360 e. The van der Waals surface area contributed by atoms with E-state index in [9.17, 15) is 9.59 Å². The van der Waals surface area contributed by atoms with E-state index in [2.05, 4.69) is 29.2 Å². The van der Waals surface area contributed by atoms with E-state index in [1.54, 1.807) is 19.9 Å². The second kappa shape index (κ2) is 9.24. The van der Waals surface area contributed by atoms with Crippen LogP contribution in [0.2, 0.25) is 0 Å². The molecule has 0 bridgehead atoms. The van der Waals surface area contributed by atoms with E-state index < -0.39 is 0 Å². The Labute approximate surface area is 153 Å². The number of aromatic nitrogens is 1. The molecule has 0 aliphatic carbocycles. The van der Waals surface area contributed by atoms with Gasteiger partial charge in [0.25, 0.3) is 0 Å². The number of nitrogens with zero attached hydrogens (tertiary/aromatic N) is 3. The number of hydrogen-bond acceptors (Lipinski definition) is 6. The molecular weight excluding hydrogens is 340 g/mol. The molecule has 7 nitrogen and oxygen atoms in total. The molecule has 0 unspecified atom stereocenters. The Bertz CT molecular complexity index is 588. The van der Waals surface area contributed by atoms with Crippen molar-refractivity contribution < 1.29 is 14.1 Å². The van der Waals surface area contributed by atoms with Crippen LogP contribution in [0.5, 0.6) is 0 Å². The lowest BCUT2D eigenvalue weighted by molar-refractivity contribution is -0.127. The second-order valence-corrected chi connectivity index (χ2v) is 7.60. The van der Waals surface area contributed by atoms with Gasteiger partial charge in [0, 0.05) is 25.2 Å². The van der Waals surface area contributed by atoms with Crippen LogP contribution in [0.25, 0.3) is 0 Å². The van der Waals surface area contributed by atoms with Crippen LogP contribution in [0.4, 0.5) is 5.82 Å². The van der Waals surface area contributed by atoms with E-state index in [0.29, 0.717) is 23.4 Å². The molecule has 2 heterocycles. The molecule has 140 valence electrons. The van der Waals surface area contributed by atoms with Crippen LogP contribution in [-0.4, -0.2) is 70.0 Å². The zero-order valence-electron chi connectivity index (χ0n) is 15.4. The Balaban J connectivity index is 1.75. The predicted molar refractivity (Wildman–Crippen MR) is 99.7 cm³/mol. The maximum atomic E-state index is 12.4. The molecule has 2 amide bonds. The minimum atomic E-state index is -0.331. The molecule has 1 N–H and O–H groups in total. The molecule has 1 fully saturated rings. The molecule has 1 saturated heterocycles. The second-order valence-electron chi connectivity index (χ2n) is 6.27. The van der Waals surface area contributed by atoms with E-state index >= 15 is 0 Å². The number of likely N-dealkylation sites (N-methyl/N-ethyl adjacent to an activating group) is 1. The Hall–Kier alpha value is -1.54. The number of likely N-dealkylation sites (tertiary alicyclic amines) is 1. The topological polar surface area (TPSA) is 78.7 Å². The molecule has 25 heavy (non-hydrogen) atoms. The van der Waals surface area contributed by atoms with Crippen LogP contribution in [0, 0.1) is 6.92 Å². The molecule has 2 atom stereocenters. The summed E-state index contributed by atoms with van der Waals surface area (Å²) in [6, 6.07) is 2.12. The molecule has 2 rings (SSSR count). The summed E-state index contributed by atoms with van der Waals surface area (Å²) in [5, 5.41) is 6.11. The Morgan fingerprint density at radius 1 is 1.48 bits per heavy atom. The number of carbonyl (C=O) groups is 2. The van der Waals surface area contributed by atoms with Crippen LogP contribution in [0.15, 0.2) is 10.6 Å². The van der Waals surface area contributed by atoms with Crippen molar-refractivity contribution in [3.05, 3.63) is 11.8 Å². The smallest absolute Gasteiger partial charge is 0.238 e. The van der Waals surface area contributed by atoms with Gasteiger partial charge in [-0.1, -0.05) is 19.0 Å². The van der Waals surface area contributed by atoms with E-state index in [-0.39, 0.29) is 17.1 Å². The van der Waals surface area contributed by atoms with Crippen molar-refractivity contribution in [3.63, 3.8) is 0 Å². The number of amides is 2. The molecule has 0 spiro atoms. The first-order valence-electron chi connectivity index (χ1n) is 8.82. The highest BCUT2D eigenvalue weighted by Gasteiger charge is 2.29. The number of rotatable bonds is 8. The third kappa shape index (κ3) is 5.47. The highest BCUT2D eigenvalue weighted by atomic mass is 32.2. The zero-order chi connectivity index (χ0) is 18.4. The molecule has 1 aliphatic heterocycles. The van der Waals surface area contributed by atoms with Gasteiger partial charge in [0.1, 0.15) is 5.76 Å². The largest absolute Gasteiger partial charge is 0.360 e. The summed E-state index contributed by atoms with van der Waals surface area (Å²) in [6.45, 7) is 11.5. The SMILES string of the molecule is CCN(CC)[C@H]1CCN(C(=O)CS[C@@H](C)C(=O)Nc2cc(C)on2)C1. The third-order valence-electron chi connectivity index (χ3n) is 4.55. The van der Waals surface area contributed by atoms with Crippen LogP contribution in [0.3, 0.4) is 0 Å². The fraction of sp³-hybridized carbons (Fsp3) is 0.706. The van der Waals surface area contributed by atoms with Gasteiger partial charge in [0.15, 0.2) is 5.82 Å². The van der Waals surface area contributed by atoms with Gasteiger partial charge in [-0.15, -0.1) is 11.8 Å². The van der Waals surface area contributed by atoms with Crippen LogP contribution in [-0.2, 0) is 9.59 Å². The summed E-state index contributed by atoms with van der Waals surface area (Å²) in [5.41, 5.74) is 0. The lowest BCUT2D eigenvalue weighted by Gasteiger charge is -2.26. The van der Waals surface area contributed by atoms with Crippen molar-refractivity contribution in [2.45, 2.75) is 45.4 Å². The molecule has 8 heteroatoms. The Kier molecular flexibility index (Phi) is 7.31. The van der Waals surface area contributed by atoms with E-state index in [4.69, 9.17) is 4.52 Å². The number of carbonyl (C=O) groups excluding carboxylic acids is 2. The normalized spacial score (nSPS) is 18.6. The van der Waals surface area contributed by atoms with Crippen molar-refractivity contribution in [1.82, 2.24) is 15.0 Å². The predicted octanol–water partition coefficient (Wildman–Crippen LogP) is 1.99. The van der Waals surface area contributed by atoms with Gasteiger partial charge < -0.3 is 14.7 Å². The summed E-state index contributed by atoms with van der Waals surface area (Å²) < 4.78 is 4.92. The van der Waals surface area contributed by atoms with Gasteiger partial charge >= 0.3 is 0 Å². The fourth-order valence-electron chi connectivity index (χ4n) is 3.02. The molecule has 0 radical (unpaired) electrons. The average molecular weight is 369 g/mol. The average Bonchev–Trinajstić information content (AvgIpc) is 3.23. The first kappa shape index (κ1) is 19.8. The summed E-state index contributed by atoms with van der Waals surface area (Å²) in [5.74, 6) is 1.30. The van der Waals surface area contributed by atoms with E-state index in [1.165, 1.54) is 11.8 Å². The number of thioether (sulfide) groups is 1. The Morgan fingerprint density at radius 2 is 2.20 bits per heavy atom. The van der Waals surface area contributed by atoms with Crippen molar-refractivity contribution in [2.24, 2.45) is 0 Å². The highest BCUT2D eigenvalue weighted by molar-refractivity contribution is 8.01. The van der Waals surface area contributed by atoms with Crippen molar-refractivity contribution in [3.8, 4) is 0 Å². The maximum Gasteiger partial charge on any atom is 0.238 e. The summed E-state index contributed by atoms with van der Waals surface area (Å²) >= 11 is 1.35. The highest BCUT2D eigenvalue weighted by Crippen LogP contribution is 2.19. The monoisotopic (exact) mass is 368 g/mol. The summed E-state index contributed by atoms with van der Waals surface area (Å²) in [4.78, 5) is 28.9. The standard InChI is InChI=1S/C17H28N4O3S/c1-5-20(6-2)14-7-8-21(10-14)16(22)11-25-13(4)17(23)18-15-9-12(3)24-19-15/h9,13-14H,5-8,10-11H2,1-4H3,(H,18,19,23)/t13-,14-/m0/s1. The number of aryl methyl sites for hydroxylation is 1. The fourth-order valence-corrected chi connectivity index (χ4v) is 3.81. The number of hydrogen-bond donors (Lipinski definition) is 1. The molecule has 1 aliphatic rings. The third-order valence-corrected chi connectivity index (χ3v) is 5.68. The number of nitrogens with one attached hydrogen (secondary N) is 1. The van der Waals surface area contributed by atoms with Crippen LogP contribution < -0.4 is 5.32 Å². The first-order valence-corrected chi connectivity index (χ1v) is 9.87. The van der Waals surface area contributed by atoms with Crippen molar-refractivity contribution in [1.29, 1.82) is 0 Å². The van der Waals surface area contributed by atoms with Crippen LogP contribution in [0.1, 0.15) is 33.0 Å². The van der Waals surface area contributed by atoms with E-state index in [1.807, 2.05) is 4.90 Å². The zero-order valence-corrected chi connectivity index (χ0v) is 16.3. The molecular formula is C17H28N4O3S. The first-order chi connectivity index (χ1) is 11.9. The van der Waals surface area contributed by atoms with Gasteiger partial charge in [-0.2, -0.15) is 0 Å². The van der Waals surface area contributed by atoms with E-state index in [0.717, 1.165) is 32.6 Å². The molecule has 1 aromatic heterocycles.